The zero-order valence-electron chi connectivity index (χ0n) is 11.7. The van der Waals surface area contributed by atoms with Crippen molar-refractivity contribution in [2.75, 3.05) is 13.1 Å². The molecule has 0 saturated carbocycles. The van der Waals surface area contributed by atoms with Crippen molar-refractivity contribution in [1.29, 1.82) is 0 Å². The van der Waals surface area contributed by atoms with E-state index in [1.165, 1.54) is 0 Å². The summed E-state index contributed by atoms with van der Waals surface area (Å²) in [6.45, 7) is 1.92. The van der Waals surface area contributed by atoms with E-state index in [9.17, 15) is 34.8 Å². The first-order chi connectivity index (χ1) is 9.14. The van der Waals surface area contributed by atoms with Gasteiger partial charge in [-0.25, -0.2) is 8.42 Å². The van der Waals surface area contributed by atoms with E-state index in [-0.39, 0.29) is 16.1 Å². The fourth-order valence-corrected chi connectivity index (χ4v) is 4.11. The largest absolute Gasteiger partial charge is 0.427 e. The van der Waals surface area contributed by atoms with Crippen LogP contribution in [0.1, 0.15) is 27.2 Å². The molecule has 0 N–H and O–H groups in total. The maximum atomic E-state index is 13.7. The molecule has 0 bridgehead atoms. The molecular formula is C11H17F6NO2S. The molecule has 1 rings (SSSR count). The predicted octanol–water partition coefficient (Wildman–Crippen LogP) is 3.18. The van der Waals surface area contributed by atoms with Crippen molar-refractivity contribution in [3.05, 3.63) is 0 Å². The van der Waals surface area contributed by atoms with Crippen LogP contribution in [0.4, 0.5) is 26.3 Å². The molecule has 10 heteroatoms. The van der Waals surface area contributed by atoms with Gasteiger partial charge < -0.3 is 0 Å². The van der Waals surface area contributed by atoms with Crippen molar-refractivity contribution in [3.8, 4) is 0 Å². The topological polar surface area (TPSA) is 37.4 Å². The second-order valence-corrected chi connectivity index (χ2v) is 7.73. The average Bonchev–Trinajstić information content (AvgIpc) is 2.25. The number of rotatable bonds is 4. The number of halogens is 6. The Balaban J connectivity index is 3.22. The van der Waals surface area contributed by atoms with Gasteiger partial charge in [-0.2, -0.15) is 30.6 Å². The highest BCUT2D eigenvalue weighted by molar-refractivity contribution is 7.90. The molecule has 126 valence electrons. The van der Waals surface area contributed by atoms with Gasteiger partial charge in [-0.05, 0) is 18.3 Å². The Bertz CT molecular complexity index is 477. The predicted molar refractivity (Wildman–Crippen MR) is 64.0 cm³/mol. The molecule has 1 saturated heterocycles. The van der Waals surface area contributed by atoms with Crippen LogP contribution in [0.5, 0.6) is 0 Å². The molecule has 0 aromatic heterocycles. The van der Waals surface area contributed by atoms with E-state index in [0.29, 0.717) is 6.42 Å². The number of nitrogens with zero attached hydrogens (tertiary/aromatic N) is 1. The lowest BCUT2D eigenvalue weighted by atomic mass is 9.94. The van der Waals surface area contributed by atoms with Crippen LogP contribution in [0.25, 0.3) is 0 Å². The van der Waals surface area contributed by atoms with E-state index in [1.54, 1.807) is 13.8 Å². The van der Waals surface area contributed by atoms with Crippen LogP contribution in [0.15, 0.2) is 0 Å². The van der Waals surface area contributed by atoms with Gasteiger partial charge in [0.15, 0.2) is 0 Å². The summed E-state index contributed by atoms with van der Waals surface area (Å²) >= 11 is 0. The fourth-order valence-electron chi connectivity index (χ4n) is 2.38. The van der Waals surface area contributed by atoms with Crippen molar-refractivity contribution in [3.63, 3.8) is 0 Å². The monoisotopic (exact) mass is 341 g/mol. The molecule has 1 aliphatic heterocycles. The molecule has 21 heavy (non-hydrogen) atoms. The third-order valence-corrected chi connectivity index (χ3v) is 5.30. The van der Waals surface area contributed by atoms with Gasteiger partial charge in [-0.3, -0.25) is 0 Å². The van der Waals surface area contributed by atoms with Crippen LogP contribution in [0.2, 0.25) is 0 Å². The SMILES string of the molecule is CC1CC(C)CN(S(=O)(=O)C(F)(F)C(F)(F)C(C)(F)F)C1. The molecule has 3 nitrogen and oxygen atoms in total. The van der Waals surface area contributed by atoms with Gasteiger partial charge in [-0.15, -0.1) is 0 Å². The zero-order valence-corrected chi connectivity index (χ0v) is 12.5. The quantitative estimate of drug-likeness (QED) is 0.737. The third kappa shape index (κ3) is 3.01. The van der Waals surface area contributed by atoms with Gasteiger partial charge in [0.2, 0.25) is 0 Å². The number of hydrogen-bond donors (Lipinski definition) is 0. The lowest BCUT2D eigenvalue weighted by molar-refractivity contribution is -0.272. The van der Waals surface area contributed by atoms with E-state index in [0.717, 1.165) is 0 Å². The first kappa shape index (κ1) is 18.5. The van der Waals surface area contributed by atoms with E-state index in [2.05, 4.69) is 0 Å². The van der Waals surface area contributed by atoms with E-state index < -0.39 is 47.1 Å². The Kier molecular flexibility index (Phi) is 4.67. The lowest BCUT2D eigenvalue weighted by Crippen LogP contribution is -2.61. The van der Waals surface area contributed by atoms with Gasteiger partial charge in [0.1, 0.15) is 0 Å². The van der Waals surface area contributed by atoms with E-state index >= 15 is 0 Å². The van der Waals surface area contributed by atoms with Gasteiger partial charge >= 0.3 is 17.1 Å². The molecule has 1 aliphatic rings. The molecule has 0 aromatic carbocycles. The molecule has 2 unspecified atom stereocenters. The van der Waals surface area contributed by atoms with Crippen LogP contribution in [0.3, 0.4) is 0 Å². The molecule has 1 heterocycles. The minimum absolute atomic E-state index is 0.186. The number of alkyl halides is 6. The Labute approximate surface area is 119 Å². The van der Waals surface area contributed by atoms with Crippen LogP contribution in [-0.2, 0) is 10.0 Å². The average molecular weight is 341 g/mol. The van der Waals surface area contributed by atoms with Gasteiger partial charge in [0.25, 0.3) is 10.0 Å². The molecule has 0 spiro atoms. The van der Waals surface area contributed by atoms with Crippen LogP contribution in [-0.4, -0.2) is 42.9 Å². The summed E-state index contributed by atoms with van der Waals surface area (Å²) in [6, 6.07) is 0. The second kappa shape index (κ2) is 5.29. The summed E-state index contributed by atoms with van der Waals surface area (Å²) in [6.07, 6.45) is 0.540. The minimum Gasteiger partial charge on any atom is -0.206 e. The van der Waals surface area contributed by atoms with Gasteiger partial charge in [0, 0.05) is 20.0 Å². The van der Waals surface area contributed by atoms with Gasteiger partial charge in [0.05, 0.1) is 0 Å². The van der Waals surface area contributed by atoms with Crippen LogP contribution >= 0.6 is 0 Å². The first-order valence-corrected chi connectivity index (χ1v) is 7.71. The summed E-state index contributed by atoms with van der Waals surface area (Å²) in [5.41, 5.74) is 0. The summed E-state index contributed by atoms with van der Waals surface area (Å²) < 4.78 is 103. The number of piperidine rings is 1. The Morgan fingerprint density at radius 1 is 0.952 bits per heavy atom. The van der Waals surface area contributed by atoms with Crippen LogP contribution < -0.4 is 0 Å². The minimum atomic E-state index is -6.00. The Morgan fingerprint density at radius 3 is 1.67 bits per heavy atom. The molecule has 0 aromatic rings. The molecule has 0 radical (unpaired) electrons. The second-order valence-electron chi connectivity index (χ2n) is 5.75. The van der Waals surface area contributed by atoms with Gasteiger partial charge in [-0.1, -0.05) is 13.8 Å². The van der Waals surface area contributed by atoms with Crippen molar-refractivity contribution >= 4 is 10.0 Å². The molecule has 0 aliphatic carbocycles. The van der Waals surface area contributed by atoms with Crippen molar-refractivity contribution in [2.45, 2.75) is 44.3 Å². The number of hydrogen-bond acceptors (Lipinski definition) is 2. The first-order valence-electron chi connectivity index (χ1n) is 6.27. The van der Waals surface area contributed by atoms with Crippen LogP contribution in [0, 0.1) is 11.8 Å². The van der Waals surface area contributed by atoms with Crippen molar-refractivity contribution in [1.82, 2.24) is 4.31 Å². The highest BCUT2D eigenvalue weighted by atomic mass is 32.2. The standard InChI is InChI=1S/C11H17F6NO2S/c1-7-4-8(2)6-18(5-7)21(19,20)11(16,17)10(14,15)9(3,12)13/h7-8H,4-6H2,1-3H3. The summed E-state index contributed by atoms with van der Waals surface area (Å²) in [4.78, 5) is 0. The molecule has 2 atom stereocenters. The zero-order chi connectivity index (χ0) is 16.9. The highest BCUT2D eigenvalue weighted by Gasteiger charge is 2.76. The maximum absolute atomic E-state index is 13.7. The lowest BCUT2D eigenvalue weighted by Gasteiger charge is -2.38. The molecule has 1 fully saturated rings. The normalized spacial score (nSPS) is 26.9. The Hall–Kier alpha value is -0.510. The number of sulfonamides is 1. The van der Waals surface area contributed by atoms with Crippen molar-refractivity contribution in [2.24, 2.45) is 11.8 Å². The summed E-state index contributed by atoms with van der Waals surface area (Å²) in [7, 11) is -5.90. The highest BCUT2D eigenvalue weighted by Crippen LogP contribution is 2.49. The Morgan fingerprint density at radius 2 is 1.33 bits per heavy atom. The van der Waals surface area contributed by atoms with Crippen molar-refractivity contribution < 1.29 is 34.8 Å². The molecule has 0 amide bonds. The summed E-state index contributed by atoms with van der Waals surface area (Å²) in [5.74, 6) is -11.8. The smallest absolute Gasteiger partial charge is 0.206 e. The van der Waals surface area contributed by atoms with E-state index in [1.807, 2.05) is 0 Å². The maximum Gasteiger partial charge on any atom is 0.427 e. The molecular weight excluding hydrogens is 324 g/mol. The van der Waals surface area contributed by atoms with E-state index in [4.69, 9.17) is 0 Å². The fraction of sp³-hybridized carbons (Fsp3) is 1.00. The summed E-state index contributed by atoms with van der Waals surface area (Å²) in [5, 5.41) is -5.88. The third-order valence-electron chi connectivity index (χ3n) is 3.42.